The maximum absolute atomic E-state index is 8.88. The molecule has 1 aliphatic heterocycles. The van der Waals surface area contributed by atoms with Gasteiger partial charge in [-0.25, -0.2) is 0 Å². The summed E-state index contributed by atoms with van der Waals surface area (Å²) in [5.74, 6) is 0. The van der Waals surface area contributed by atoms with E-state index in [1.165, 1.54) is 11.1 Å². The second-order valence-corrected chi connectivity index (χ2v) is 5.54. The average Bonchev–Trinajstić information content (AvgIpc) is 2.33. The zero-order chi connectivity index (χ0) is 13.2. The second-order valence-electron chi connectivity index (χ2n) is 5.54. The fourth-order valence-electron chi connectivity index (χ4n) is 2.33. The number of aryl methyl sites for hydroxylation is 1. The molecule has 0 saturated carbocycles. The van der Waals surface area contributed by atoms with E-state index in [9.17, 15) is 0 Å². The monoisotopic (exact) mass is 244 g/mol. The van der Waals surface area contributed by atoms with Crippen molar-refractivity contribution in [3.8, 4) is 6.07 Å². The van der Waals surface area contributed by atoms with E-state index in [-0.39, 0.29) is 5.54 Å². The fourth-order valence-corrected chi connectivity index (χ4v) is 2.33. The third-order valence-electron chi connectivity index (χ3n) is 3.65. The van der Waals surface area contributed by atoms with Gasteiger partial charge in [-0.2, -0.15) is 5.26 Å². The molecular weight excluding hydrogens is 224 g/mol. The van der Waals surface area contributed by atoms with Crippen molar-refractivity contribution in [1.82, 2.24) is 4.90 Å². The van der Waals surface area contributed by atoms with Crippen molar-refractivity contribution in [3.05, 3.63) is 34.9 Å². The van der Waals surface area contributed by atoms with Crippen molar-refractivity contribution < 1.29 is 4.74 Å². The minimum absolute atomic E-state index is 0.0819. The lowest BCUT2D eigenvalue weighted by molar-refractivity contribution is -0.0553. The van der Waals surface area contributed by atoms with Crippen molar-refractivity contribution in [3.63, 3.8) is 0 Å². The number of hydrogen-bond acceptors (Lipinski definition) is 3. The third kappa shape index (κ3) is 2.72. The summed E-state index contributed by atoms with van der Waals surface area (Å²) in [5.41, 5.74) is 3.30. The van der Waals surface area contributed by atoms with E-state index in [2.05, 4.69) is 37.8 Å². The number of hydrogen-bond donors (Lipinski definition) is 0. The first kappa shape index (κ1) is 13.1. The van der Waals surface area contributed by atoms with Crippen molar-refractivity contribution >= 4 is 0 Å². The topological polar surface area (TPSA) is 36.3 Å². The molecule has 96 valence electrons. The van der Waals surface area contributed by atoms with E-state index in [1.807, 2.05) is 12.1 Å². The van der Waals surface area contributed by atoms with Crippen LogP contribution in [0.15, 0.2) is 18.2 Å². The molecule has 1 aliphatic rings. The predicted octanol–water partition coefficient (Wildman–Crippen LogP) is 2.48. The summed E-state index contributed by atoms with van der Waals surface area (Å²) in [7, 11) is 0. The van der Waals surface area contributed by atoms with Crippen LogP contribution < -0.4 is 0 Å². The number of ether oxygens (including phenoxy) is 1. The zero-order valence-electron chi connectivity index (χ0n) is 11.4. The van der Waals surface area contributed by atoms with Crippen LogP contribution in [0.4, 0.5) is 0 Å². The molecule has 1 heterocycles. The third-order valence-corrected chi connectivity index (χ3v) is 3.65. The van der Waals surface area contributed by atoms with E-state index in [0.29, 0.717) is 0 Å². The van der Waals surface area contributed by atoms with Crippen LogP contribution >= 0.6 is 0 Å². The summed E-state index contributed by atoms with van der Waals surface area (Å²) in [6.07, 6.45) is 0. The van der Waals surface area contributed by atoms with Gasteiger partial charge in [0.2, 0.25) is 0 Å². The van der Waals surface area contributed by atoms with E-state index < -0.39 is 0 Å². The lowest BCUT2D eigenvalue weighted by Gasteiger charge is -2.42. The van der Waals surface area contributed by atoms with Crippen LogP contribution in [-0.2, 0) is 11.3 Å². The first-order valence-electron chi connectivity index (χ1n) is 6.35. The summed E-state index contributed by atoms with van der Waals surface area (Å²) in [6.45, 7) is 9.97. The van der Waals surface area contributed by atoms with Crippen molar-refractivity contribution in [2.75, 3.05) is 19.8 Å². The molecule has 1 aromatic rings. The molecule has 1 fully saturated rings. The summed E-state index contributed by atoms with van der Waals surface area (Å²) in [4.78, 5) is 2.45. The number of benzene rings is 1. The number of rotatable bonds is 2. The summed E-state index contributed by atoms with van der Waals surface area (Å²) >= 11 is 0. The van der Waals surface area contributed by atoms with E-state index >= 15 is 0 Å². The summed E-state index contributed by atoms with van der Waals surface area (Å²) in [6, 6.07) is 8.11. The quantitative estimate of drug-likeness (QED) is 0.802. The Hall–Kier alpha value is -1.37. The standard InChI is InChI=1S/C15H20N2O/c1-12-8-13(9-16)4-5-14(12)10-17-6-7-18-11-15(17,2)3/h4-5,8H,6-7,10-11H2,1-3H3. The van der Waals surface area contributed by atoms with Gasteiger partial charge in [-0.05, 0) is 44.0 Å². The highest BCUT2D eigenvalue weighted by molar-refractivity contribution is 5.37. The molecule has 0 aromatic heterocycles. The molecule has 3 heteroatoms. The van der Waals surface area contributed by atoms with Crippen LogP contribution in [0.1, 0.15) is 30.5 Å². The Morgan fingerprint density at radius 2 is 2.22 bits per heavy atom. The fraction of sp³-hybridized carbons (Fsp3) is 0.533. The Labute approximate surface area is 109 Å². The van der Waals surface area contributed by atoms with Gasteiger partial charge in [-0.15, -0.1) is 0 Å². The number of morpholine rings is 1. The molecule has 0 N–H and O–H groups in total. The van der Waals surface area contributed by atoms with Crippen LogP contribution in [-0.4, -0.2) is 30.2 Å². The molecule has 0 spiro atoms. The molecule has 0 aliphatic carbocycles. The van der Waals surface area contributed by atoms with E-state index in [0.717, 1.165) is 31.9 Å². The van der Waals surface area contributed by atoms with Crippen LogP contribution in [0.3, 0.4) is 0 Å². The highest BCUT2D eigenvalue weighted by atomic mass is 16.5. The van der Waals surface area contributed by atoms with E-state index in [1.54, 1.807) is 0 Å². The Morgan fingerprint density at radius 3 is 2.83 bits per heavy atom. The van der Waals surface area contributed by atoms with Gasteiger partial charge in [0, 0.05) is 18.6 Å². The zero-order valence-corrected chi connectivity index (χ0v) is 11.4. The second kappa shape index (κ2) is 5.09. The first-order valence-corrected chi connectivity index (χ1v) is 6.35. The minimum atomic E-state index is 0.0819. The average molecular weight is 244 g/mol. The van der Waals surface area contributed by atoms with E-state index in [4.69, 9.17) is 10.00 Å². The number of nitriles is 1. The molecule has 0 bridgehead atoms. The molecule has 18 heavy (non-hydrogen) atoms. The molecule has 3 nitrogen and oxygen atoms in total. The van der Waals surface area contributed by atoms with Crippen molar-refractivity contribution in [2.24, 2.45) is 0 Å². The van der Waals surface area contributed by atoms with Crippen molar-refractivity contribution in [2.45, 2.75) is 32.9 Å². The first-order chi connectivity index (χ1) is 8.53. The smallest absolute Gasteiger partial charge is 0.0991 e. The molecule has 0 radical (unpaired) electrons. The van der Waals surface area contributed by atoms with Crippen LogP contribution in [0.25, 0.3) is 0 Å². The molecule has 0 amide bonds. The maximum atomic E-state index is 8.88. The van der Waals surface area contributed by atoms with Crippen LogP contribution in [0.5, 0.6) is 0 Å². The van der Waals surface area contributed by atoms with Crippen LogP contribution in [0, 0.1) is 18.3 Å². The van der Waals surface area contributed by atoms with Gasteiger partial charge < -0.3 is 4.74 Å². The largest absolute Gasteiger partial charge is 0.378 e. The van der Waals surface area contributed by atoms with Gasteiger partial charge in [0.1, 0.15) is 0 Å². The SMILES string of the molecule is Cc1cc(C#N)ccc1CN1CCOCC1(C)C. The molecule has 1 aromatic carbocycles. The lowest BCUT2D eigenvalue weighted by atomic mass is 9.99. The van der Waals surface area contributed by atoms with Gasteiger partial charge in [0.25, 0.3) is 0 Å². The van der Waals surface area contributed by atoms with Crippen molar-refractivity contribution in [1.29, 1.82) is 5.26 Å². The van der Waals surface area contributed by atoms with Gasteiger partial charge in [-0.3, -0.25) is 4.90 Å². The Balaban J connectivity index is 2.16. The molecule has 2 rings (SSSR count). The molecule has 1 saturated heterocycles. The summed E-state index contributed by atoms with van der Waals surface area (Å²) < 4.78 is 5.53. The predicted molar refractivity (Wildman–Crippen MR) is 71.2 cm³/mol. The van der Waals surface area contributed by atoms with Gasteiger partial charge in [0.05, 0.1) is 24.8 Å². The van der Waals surface area contributed by atoms with Gasteiger partial charge in [-0.1, -0.05) is 6.07 Å². The lowest BCUT2D eigenvalue weighted by Crippen LogP contribution is -2.52. The Morgan fingerprint density at radius 1 is 1.44 bits per heavy atom. The molecule has 0 unspecified atom stereocenters. The normalized spacial score (nSPS) is 19.4. The van der Waals surface area contributed by atoms with Gasteiger partial charge >= 0.3 is 0 Å². The maximum Gasteiger partial charge on any atom is 0.0991 e. The Bertz CT molecular complexity index is 474. The molecular formula is C15H20N2O. The highest BCUT2D eigenvalue weighted by Gasteiger charge is 2.30. The number of nitrogens with zero attached hydrogens (tertiary/aromatic N) is 2. The Kier molecular flexibility index (Phi) is 3.70. The van der Waals surface area contributed by atoms with Gasteiger partial charge in [0.15, 0.2) is 0 Å². The summed E-state index contributed by atoms with van der Waals surface area (Å²) in [5, 5.41) is 8.88. The highest BCUT2D eigenvalue weighted by Crippen LogP contribution is 2.23. The minimum Gasteiger partial charge on any atom is -0.378 e. The van der Waals surface area contributed by atoms with Crippen LogP contribution in [0.2, 0.25) is 0 Å². The molecule has 0 atom stereocenters.